The molecule has 0 aliphatic rings. The Morgan fingerprint density at radius 2 is 1.88 bits per heavy atom. The zero-order chi connectivity index (χ0) is 19.8. The standard InChI is InChI=1S/C17H29ClN4O3S/c1-6-19-16(21-12-17(3,4)22-26(5,23)24)20-11-13(2)25-15-9-7-14(18)8-10-15/h7-10,13,22H,6,11-12H2,1-5H3,(H2,19,20,21). The van der Waals surface area contributed by atoms with Crippen LogP contribution in [0.4, 0.5) is 0 Å². The van der Waals surface area contributed by atoms with E-state index in [0.717, 1.165) is 12.0 Å². The van der Waals surface area contributed by atoms with Crippen molar-refractivity contribution in [3.63, 3.8) is 0 Å². The summed E-state index contributed by atoms with van der Waals surface area (Å²) in [7, 11) is -3.29. The Morgan fingerprint density at radius 3 is 2.42 bits per heavy atom. The zero-order valence-corrected chi connectivity index (χ0v) is 17.5. The molecule has 3 N–H and O–H groups in total. The van der Waals surface area contributed by atoms with Gasteiger partial charge in [0.1, 0.15) is 11.9 Å². The molecule has 1 atom stereocenters. The minimum absolute atomic E-state index is 0.0952. The summed E-state index contributed by atoms with van der Waals surface area (Å²) in [5.74, 6) is 1.34. The van der Waals surface area contributed by atoms with Crippen molar-refractivity contribution in [2.24, 2.45) is 4.99 Å². The van der Waals surface area contributed by atoms with Crippen molar-refractivity contribution in [3.05, 3.63) is 29.3 Å². The van der Waals surface area contributed by atoms with E-state index in [4.69, 9.17) is 16.3 Å². The highest BCUT2D eigenvalue weighted by Gasteiger charge is 2.22. The lowest BCUT2D eigenvalue weighted by Crippen LogP contribution is -2.47. The van der Waals surface area contributed by atoms with Crippen molar-refractivity contribution in [1.29, 1.82) is 0 Å². The molecular weight excluding hydrogens is 376 g/mol. The molecule has 1 unspecified atom stereocenters. The van der Waals surface area contributed by atoms with Gasteiger partial charge in [0.15, 0.2) is 5.96 Å². The van der Waals surface area contributed by atoms with Crippen LogP contribution in [-0.4, -0.2) is 51.9 Å². The minimum Gasteiger partial charge on any atom is -0.489 e. The third kappa shape index (κ3) is 9.84. The summed E-state index contributed by atoms with van der Waals surface area (Å²) in [5.41, 5.74) is -0.679. The van der Waals surface area contributed by atoms with Crippen molar-refractivity contribution < 1.29 is 13.2 Å². The number of hydrogen-bond donors (Lipinski definition) is 3. The van der Waals surface area contributed by atoms with Crippen LogP contribution < -0.4 is 20.1 Å². The smallest absolute Gasteiger partial charge is 0.209 e. The van der Waals surface area contributed by atoms with E-state index < -0.39 is 15.6 Å². The van der Waals surface area contributed by atoms with Gasteiger partial charge in [0.05, 0.1) is 19.3 Å². The molecule has 0 fully saturated rings. The lowest BCUT2D eigenvalue weighted by molar-refractivity contribution is 0.224. The molecule has 0 bridgehead atoms. The number of nitrogens with zero attached hydrogens (tertiary/aromatic N) is 1. The number of rotatable bonds is 9. The second-order valence-electron chi connectivity index (χ2n) is 6.72. The van der Waals surface area contributed by atoms with Crippen molar-refractivity contribution in [2.45, 2.75) is 39.3 Å². The first kappa shape index (κ1) is 22.5. The molecule has 148 valence electrons. The van der Waals surface area contributed by atoms with Crippen LogP contribution >= 0.6 is 11.6 Å². The summed E-state index contributed by atoms with van der Waals surface area (Å²) in [5, 5.41) is 6.99. The topological polar surface area (TPSA) is 91.8 Å². The van der Waals surface area contributed by atoms with Crippen LogP contribution in [0.3, 0.4) is 0 Å². The molecule has 0 amide bonds. The van der Waals surface area contributed by atoms with Crippen molar-refractivity contribution >= 4 is 27.6 Å². The van der Waals surface area contributed by atoms with Crippen LogP contribution in [0, 0.1) is 0 Å². The van der Waals surface area contributed by atoms with Gasteiger partial charge in [-0.3, -0.25) is 4.99 Å². The van der Waals surface area contributed by atoms with Crippen LogP contribution in [0.5, 0.6) is 5.75 Å². The summed E-state index contributed by atoms with van der Waals surface area (Å²) >= 11 is 5.86. The van der Waals surface area contributed by atoms with Crippen LogP contribution in [0.1, 0.15) is 27.7 Å². The zero-order valence-electron chi connectivity index (χ0n) is 16.0. The molecular formula is C17H29ClN4O3S. The first-order valence-electron chi connectivity index (χ1n) is 8.44. The summed E-state index contributed by atoms with van der Waals surface area (Å²) in [6, 6.07) is 7.19. The third-order valence-electron chi connectivity index (χ3n) is 3.15. The van der Waals surface area contributed by atoms with Gasteiger partial charge in [-0.1, -0.05) is 11.6 Å². The van der Waals surface area contributed by atoms with Gasteiger partial charge >= 0.3 is 0 Å². The summed E-state index contributed by atoms with van der Waals surface area (Å²) < 4.78 is 31.2. The predicted molar refractivity (Wildman–Crippen MR) is 108 cm³/mol. The normalized spacial score (nSPS) is 14.0. The van der Waals surface area contributed by atoms with Gasteiger partial charge in [0, 0.05) is 17.1 Å². The number of halogens is 1. The van der Waals surface area contributed by atoms with E-state index in [1.165, 1.54) is 0 Å². The number of guanidine groups is 1. The maximum Gasteiger partial charge on any atom is 0.209 e. The van der Waals surface area contributed by atoms with Gasteiger partial charge in [-0.05, 0) is 52.0 Å². The molecule has 0 spiro atoms. The monoisotopic (exact) mass is 404 g/mol. The van der Waals surface area contributed by atoms with E-state index in [9.17, 15) is 8.42 Å². The van der Waals surface area contributed by atoms with Gasteiger partial charge in [-0.25, -0.2) is 13.1 Å². The molecule has 7 nitrogen and oxygen atoms in total. The third-order valence-corrected chi connectivity index (χ3v) is 4.32. The summed E-state index contributed by atoms with van der Waals surface area (Å²) in [6.07, 6.45) is 1.04. The number of aliphatic imine (C=N–C) groups is 1. The highest BCUT2D eigenvalue weighted by atomic mass is 35.5. The van der Waals surface area contributed by atoms with Gasteiger partial charge in [0.2, 0.25) is 10.0 Å². The Kier molecular flexibility index (Phi) is 8.66. The van der Waals surface area contributed by atoms with Crippen LogP contribution in [-0.2, 0) is 10.0 Å². The number of sulfonamides is 1. The number of ether oxygens (including phenoxy) is 1. The highest BCUT2D eigenvalue weighted by molar-refractivity contribution is 7.88. The quantitative estimate of drug-likeness (QED) is 0.432. The fraction of sp³-hybridized carbons (Fsp3) is 0.588. The van der Waals surface area contributed by atoms with Crippen molar-refractivity contribution in [1.82, 2.24) is 15.4 Å². The maximum absolute atomic E-state index is 11.4. The molecule has 0 aliphatic heterocycles. The van der Waals surface area contributed by atoms with E-state index in [2.05, 4.69) is 20.3 Å². The molecule has 1 aromatic rings. The molecule has 0 saturated heterocycles. The number of nitrogens with one attached hydrogen (secondary N) is 3. The molecule has 0 aliphatic carbocycles. The summed E-state index contributed by atoms with van der Waals surface area (Å²) in [6.45, 7) is 9.00. The van der Waals surface area contributed by atoms with E-state index in [-0.39, 0.29) is 6.10 Å². The Balaban J connectivity index is 2.59. The SMILES string of the molecule is CCNC(=NCC(C)(C)NS(C)(=O)=O)NCC(C)Oc1ccc(Cl)cc1. The Morgan fingerprint density at radius 1 is 1.27 bits per heavy atom. The lowest BCUT2D eigenvalue weighted by Gasteiger charge is -2.24. The van der Waals surface area contributed by atoms with E-state index in [1.807, 2.05) is 26.0 Å². The summed E-state index contributed by atoms with van der Waals surface area (Å²) in [4.78, 5) is 4.45. The second-order valence-corrected chi connectivity index (χ2v) is 8.90. The number of hydrogen-bond acceptors (Lipinski definition) is 4. The first-order chi connectivity index (χ1) is 12.0. The fourth-order valence-electron chi connectivity index (χ4n) is 2.18. The Hall–Kier alpha value is -1.51. The van der Waals surface area contributed by atoms with Crippen molar-refractivity contribution in [2.75, 3.05) is 25.9 Å². The average molecular weight is 405 g/mol. The number of benzene rings is 1. The van der Waals surface area contributed by atoms with Crippen LogP contribution in [0.15, 0.2) is 29.3 Å². The van der Waals surface area contributed by atoms with Gasteiger partial charge < -0.3 is 15.4 Å². The maximum atomic E-state index is 11.4. The van der Waals surface area contributed by atoms with Gasteiger partial charge in [0.25, 0.3) is 0 Å². The van der Waals surface area contributed by atoms with Crippen LogP contribution in [0.25, 0.3) is 0 Å². The highest BCUT2D eigenvalue weighted by Crippen LogP contribution is 2.16. The fourth-order valence-corrected chi connectivity index (χ4v) is 3.37. The molecule has 1 aromatic carbocycles. The van der Waals surface area contributed by atoms with E-state index >= 15 is 0 Å². The Labute approximate surface area is 161 Å². The molecule has 9 heteroatoms. The lowest BCUT2D eigenvalue weighted by atomic mass is 10.1. The molecule has 0 radical (unpaired) electrons. The van der Waals surface area contributed by atoms with Gasteiger partial charge in [-0.2, -0.15) is 0 Å². The molecule has 0 heterocycles. The molecule has 0 aromatic heterocycles. The second kappa shape index (κ2) is 9.99. The Bertz CT molecular complexity index is 690. The van der Waals surface area contributed by atoms with Crippen LogP contribution in [0.2, 0.25) is 5.02 Å². The minimum atomic E-state index is -3.29. The first-order valence-corrected chi connectivity index (χ1v) is 10.7. The van der Waals surface area contributed by atoms with Gasteiger partial charge in [-0.15, -0.1) is 0 Å². The van der Waals surface area contributed by atoms with Crippen molar-refractivity contribution in [3.8, 4) is 5.75 Å². The largest absolute Gasteiger partial charge is 0.489 e. The molecule has 0 saturated carbocycles. The molecule has 26 heavy (non-hydrogen) atoms. The van der Waals surface area contributed by atoms with E-state index in [0.29, 0.717) is 30.6 Å². The van der Waals surface area contributed by atoms with E-state index in [1.54, 1.807) is 26.0 Å². The predicted octanol–water partition coefficient (Wildman–Crippen LogP) is 1.99. The average Bonchev–Trinajstić information content (AvgIpc) is 2.50. The molecule has 1 rings (SSSR count).